The number of hydrogen-bond acceptors (Lipinski definition) is 7. The number of halogens is 2. The van der Waals surface area contributed by atoms with Gasteiger partial charge in [-0.15, -0.1) is 0 Å². The summed E-state index contributed by atoms with van der Waals surface area (Å²) in [6, 6.07) is 16.2. The summed E-state index contributed by atoms with van der Waals surface area (Å²) in [5, 5.41) is 4.43. The minimum absolute atomic E-state index is 0.223. The Labute approximate surface area is 206 Å². The molecule has 0 aromatic heterocycles. The van der Waals surface area contributed by atoms with Crippen molar-refractivity contribution < 1.29 is 28.5 Å². The molecule has 3 rings (SSSR count). The van der Waals surface area contributed by atoms with Gasteiger partial charge in [-0.05, 0) is 60.2 Å². The summed E-state index contributed by atoms with van der Waals surface area (Å²) in [4.78, 5) is 24.4. The minimum atomic E-state index is -0.547. The van der Waals surface area contributed by atoms with E-state index in [-0.39, 0.29) is 23.1 Å². The smallest absolute Gasteiger partial charge is 0.343 e. The van der Waals surface area contributed by atoms with Crippen LogP contribution in [-0.4, -0.2) is 38.9 Å². The highest BCUT2D eigenvalue weighted by atomic mass is 35.5. The molecular weight excluding hydrogens is 483 g/mol. The van der Waals surface area contributed by atoms with Gasteiger partial charge in [0.25, 0.3) is 5.91 Å². The molecule has 0 atom stereocenters. The Morgan fingerprint density at radius 3 is 2.41 bits per heavy atom. The van der Waals surface area contributed by atoms with Gasteiger partial charge in [0, 0.05) is 0 Å². The first-order valence-corrected chi connectivity index (χ1v) is 10.6. The maximum atomic E-state index is 12.4. The zero-order valence-corrected chi connectivity index (χ0v) is 19.7. The largest absolute Gasteiger partial charge is 0.497 e. The average molecular weight is 503 g/mol. The Morgan fingerprint density at radius 2 is 1.71 bits per heavy atom. The van der Waals surface area contributed by atoms with Crippen LogP contribution in [-0.2, 0) is 4.79 Å². The Kier molecular flexibility index (Phi) is 8.73. The summed E-state index contributed by atoms with van der Waals surface area (Å²) in [6.07, 6.45) is 1.40. The third-order valence-electron chi connectivity index (χ3n) is 4.39. The van der Waals surface area contributed by atoms with Crippen LogP contribution >= 0.6 is 23.2 Å². The van der Waals surface area contributed by atoms with Crippen LogP contribution in [0.3, 0.4) is 0 Å². The number of ether oxygens (including phenoxy) is 4. The first kappa shape index (κ1) is 24.9. The fourth-order valence-corrected chi connectivity index (χ4v) is 3.03. The lowest BCUT2D eigenvalue weighted by Crippen LogP contribution is -2.24. The molecule has 3 aromatic carbocycles. The van der Waals surface area contributed by atoms with E-state index in [2.05, 4.69) is 10.5 Å². The molecule has 8 nitrogen and oxygen atoms in total. The first-order valence-electron chi connectivity index (χ1n) is 9.84. The van der Waals surface area contributed by atoms with E-state index >= 15 is 0 Å². The van der Waals surface area contributed by atoms with Crippen molar-refractivity contribution in [2.24, 2.45) is 5.10 Å². The molecule has 0 aliphatic rings. The Hall–Kier alpha value is -3.75. The Morgan fingerprint density at radius 1 is 0.941 bits per heavy atom. The molecule has 0 saturated carbocycles. The highest BCUT2D eigenvalue weighted by molar-refractivity contribution is 6.42. The van der Waals surface area contributed by atoms with E-state index in [4.69, 9.17) is 42.1 Å². The number of hydrazone groups is 1. The van der Waals surface area contributed by atoms with Crippen molar-refractivity contribution in [2.45, 2.75) is 0 Å². The molecule has 0 aliphatic carbocycles. The molecule has 0 radical (unpaired) electrons. The van der Waals surface area contributed by atoms with Gasteiger partial charge in [0.15, 0.2) is 18.1 Å². The van der Waals surface area contributed by atoms with E-state index < -0.39 is 11.9 Å². The number of nitrogens with one attached hydrogen (secondary N) is 1. The molecule has 1 N–H and O–H groups in total. The van der Waals surface area contributed by atoms with E-state index in [1.54, 1.807) is 67.8 Å². The number of amides is 1. The second-order valence-corrected chi connectivity index (χ2v) is 7.45. The van der Waals surface area contributed by atoms with Gasteiger partial charge in [-0.25, -0.2) is 10.2 Å². The predicted molar refractivity (Wildman–Crippen MR) is 129 cm³/mol. The highest BCUT2D eigenvalue weighted by Gasteiger charge is 2.13. The van der Waals surface area contributed by atoms with Crippen molar-refractivity contribution in [1.82, 2.24) is 5.43 Å². The number of methoxy groups -OCH3 is 2. The van der Waals surface area contributed by atoms with Crippen molar-refractivity contribution in [1.29, 1.82) is 0 Å². The first-order chi connectivity index (χ1) is 16.4. The lowest BCUT2D eigenvalue weighted by atomic mass is 10.2. The zero-order valence-electron chi connectivity index (χ0n) is 18.2. The standard InChI is InChI=1S/C24H20Cl2N2O6/c1-31-17-9-7-16(8-10-17)24(30)34-19-11-6-15(12-21(19)32-2)13-27-28-22(29)14-33-20-5-3-4-18(25)23(20)26/h3-13H,14H2,1-2H3,(H,28,29). The number of hydrogen-bond donors (Lipinski definition) is 1. The fourth-order valence-electron chi connectivity index (χ4n) is 2.68. The maximum Gasteiger partial charge on any atom is 0.343 e. The average Bonchev–Trinajstić information content (AvgIpc) is 2.85. The van der Waals surface area contributed by atoms with Crippen LogP contribution in [0.5, 0.6) is 23.0 Å². The lowest BCUT2D eigenvalue weighted by Gasteiger charge is -2.10. The second kappa shape index (κ2) is 11.9. The van der Waals surface area contributed by atoms with E-state index in [9.17, 15) is 9.59 Å². The van der Waals surface area contributed by atoms with Gasteiger partial charge in [0.05, 0.1) is 31.0 Å². The maximum absolute atomic E-state index is 12.4. The molecule has 0 unspecified atom stereocenters. The normalized spacial score (nSPS) is 10.6. The number of benzene rings is 3. The predicted octanol–water partition coefficient (Wildman–Crippen LogP) is 4.76. The van der Waals surface area contributed by atoms with Crippen molar-refractivity contribution in [2.75, 3.05) is 20.8 Å². The summed E-state index contributed by atoms with van der Waals surface area (Å²) < 4.78 is 21.2. The quantitative estimate of drug-likeness (QED) is 0.196. The third kappa shape index (κ3) is 6.63. The molecule has 34 heavy (non-hydrogen) atoms. The molecule has 0 bridgehead atoms. The van der Waals surface area contributed by atoms with Gasteiger partial charge in [-0.1, -0.05) is 29.3 Å². The number of nitrogens with zero attached hydrogens (tertiary/aromatic N) is 1. The molecule has 10 heteroatoms. The summed E-state index contributed by atoms with van der Waals surface area (Å²) in [7, 11) is 2.99. The molecule has 0 fully saturated rings. The number of rotatable bonds is 9. The third-order valence-corrected chi connectivity index (χ3v) is 5.20. The van der Waals surface area contributed by atoms with E-state index in [0.29, 0.717) is 27.6 Å². The van der Waals surface area contributed by atoms with Crippen LogP contribution in [0.2, 0.25) is 10.0 Å². The van der Waals surface area contributed by atoms with E-state index in [1.165, 1.54) is 13.3 Å². The summed E-state index contributed by atoms with van der Waals surface area (Å²) in [5.74, 6) is 0.425. The molecule has 176 valence electrons. The fraction of sp³-hybridized carbons (Fsp3) is 0.125. The van der Waals surface area contributed by atoms with Crippen LogP contribution in [0.1, 0.15) is 15.9 Å². The summed E-state index contributed by atoms with van der Waals surface area (Å²) in [6.45, 7) is -0.305. The number of esters is 1. The highest BCUT2D eigenvalue weighted by Crippen LogP contribution is 2.31. The van der Waals surface area contributed by atoms with Crippen LogP contribution in [0, 0.1) is 0 Å². The molecule has 3 aromatic rings. The number of carbonyl (C=O) groups excluding carboxylic acids is 2. The van der Waals surface area contributed by atoms with Crippen LogP contribution in [0.25, 0.3) is 0 Å². The zero-order chi connectivity index (χ0) is 24.5. The minimum Gasteiger partial charge on any atom is -0.497 e. The molecule has 0 heterocycles. The van der Waals surface area contributed by atoms with Gasteiger partial charge >= 0.3 is 5.97 Å². The SMILES string of the molecule is COc1ccc(C(=O)Oc2ccc(C=NNC(=O)COc3cccc(Cl)c3Cl)cc2OC)cc1. The molecule has 0 spiro atoms. The van der Waals surface area contributed by atoms with Gasteiger partial charge in [0.2, 0.25) is 0 Å². The van der Waals surface area contributed by atoms with Crippen LogP contribution in [0.4, 0.5) is 0 Å². The molecule has 0 aliphatic heterocycles. The van der Waals surface area contributed by atoms with E-state index in [1.807, 2.05) is 0 Å². The van der Waals surface area contributed by atoms with Crippen molar-refractivity contribution in [3.05, 3.63) is 81.8 Å². The van der Waals surface area contributed by atoms with Gasteiger partial charge in [0.1, 0.15) is 16.5 Å². The summed E-state index contributed by atoms with van der Waals surface area (Å²) >= 11 is 11.9. The Balaban J connectivity index is 1.57. The molecule has 0 saturated heterocycles. The van der Waals surface area contributed by atoms with Gasteiger partial charge in [-0.2, -0.15) is 5.10 Å². The van der Waals surface area contributed by atoms with Crippen molar-refractivity contribution in [3.63, 3.8) is 0 Å². The Bertz CT molecular complexity index is 1200. The monoisotopic (exact) mass is 502 g/mol. The molecular formula is C24H20Cl2N2O6. The van der Waals surface area contributed by atoms with E-state index in [0.717, 1.165) is 0 Å². The molecule has 1 amide bonds. The van der Waals surface area contributed by atoms with Crippen LogP contribution < -0.4 is 24.4 Å². The van der Waals surface area contributed by atoms with Gasteiger partial charge < -0.3 is 18.9 Å². The van der Waals surface area contributed by atoms with Gasteiger partial charge in [-0.3, -0.25) is 4.79 Å². The van der Waals surface area contributed by atoms with Crippen molar-refractivity contribution >= 4 is 41.3 Å². The summed E-state index contributed by atoms with van der Waals surface area (Å²) in [5.41, 5.74) is 3.30. The number of carbonyl (C=O) groups is 2. The van der Waals surface area contributed by atoms with Crippen LogP contribution in [0.15, 0.2) is 65.8 Å². The second-order valence-electron chi connectivity index (χ2n) is 6.66. The van der Waals surface area contributed by atoms with Crippen molar-refractivity contribution in [3.8, 4) is 23.0 Å². The lowest BCUT2D eigenvalue weighted by molar-refractivity contribution is -0.123. The topological polar surface area (TPSA) is 95.5 Å².